The maximum atomic E-state index is 14.0. The minimum absolute atomic E-state index is 0.0660. The number of benzene rings is 8. The van der Waals surface area contributed by atoms with Crippen molar-refractivity contribution < 1.29 is 33.6 Å². The van der Waals surface area contributed by atoms with Gasteiger partial charge in [-0.15, -0.1) is 0 Å². The van der Waals surface area contributed by atoms with Crippen LogP contribution in [-0.4, -0.2) is 59.7 Å². The van der Waals surface area contributed by atoms with Crippen LogP contribution < -0.4 is 20.5 Å². The summed E-state index contributed by atoms with van der Waals surface area (Å²) in [6, 6.07) is 54.3. The predicted molar refractivity (Wildman–Crippen MR) is 250 cm³/mol. The molecule has 2 N–H and O–H groups in total. The highest BCUT2D eigenvalue weighted by atomic mass is 16.6. The van der Waals surface area contributed by atoms with E-state index in [1.807, 2.05) is 91.0 Å². The maximum absolute atomic E-state index is 14.0. The highest BCUT2D eigenvalue weighted by Crippen LogP contribution is 2.44. The zero-order valence-corrected chi connectivity index (χ0v) is 35.7. The molecule has 4 atom stereocenters. The van der Waals surface area contributed by atoms with Gasteiger partial charge in [-0.25, -0.2) is 4.79 Å². The van der Waals surface area contributed by atoms with E-state index < -0.39 is 41.7 Å². The molecule has 10 rings (SSSR count). The number of carbonyl (C=O) groups excluding carboxylic acids is 1. The van der Waals surface area contributed by atoms with E-state index in [1.54, 1.807) is 38.5 Å². The molecule has 2 unspecified atom stereocenters. The lowest BCUT2D eigenvalue weighted by Gasteiger charge is -2.37. The second kappa shape index (κ2) is 17.6. The first kappa shape index (κ1) is 41.6. The number of aliphatic hydroxyl groups is 1. The van der Waals surface area contributed by atoms with E-state index in [9.17, 15) is 14.7 Å². The Morgan fingerprint density at radius 3 is 1.91 bits per heavy atom. The quantitative estimate of drug-likeness (QED) is 0.0812. The van der Waals surface area contributed by atoms with Crippen molar-refractivity contribution in [2.24, 2.45) is 0 Å². The normalized spacial score (nSPS) is 17.5. The molecule has 11 heteroatoms. The number of amides is 1. The standard InChI is InChI=1S/C54H45N3O8/c1-61-42-25-21-40(22-26-42)54(39-14-7-4-8-15-39,41-23-27-43(62-2)28-24-41)64-33-45-49(58)50(52(65-45)57-31-30-46(56-53(57)60)55-51(59)37-10-5-3-6-11-37)63-32-38-19-18-36-17-16-34-12-9-13-35-20-29-44(38)48(36)47(34)35/h3-31,45,49-50,52,58H,32-33H2,1-2H3,(H,55,56,59,60)/t45-,49?,50?,52-/m1/s1. The van der Waals surface area contributed by atoms with Gasteiger partial charge in [0.05, 0.1) is 27.4 Å². The fourth-order valence-corrected chi connectivity index (χ4v) is 9.10. The number of aliphatic hydroxyl groups excluding tert-OH is 1. The Morgan fingerprint density at radius 1 is 0.692 bits per heavy atom. The molecule has 11 nitrogen and oxygen atoms in total. The van der Waals surface area contributed by atoms with Crippen molar-refractivity contribution in [3.63, 3.8) is 0 Å². The summed E-state index contributed by atoms with van der Waals surface area (Å²) in [7, 11) is 3.24. The lowest BCUT2D eigenvalue weighted by molar-refractivity contribution is -0.0990. The summed E-state index contributed by atoms with van der Waals surface area (Å²) < 4.78 is 32.9. The van der Waals surface area contributed by atoms with Crippen LogP contribution in [0.4, 0.5) is 5.82 Å². The summed E-state index contributed by atoms with van der Waals surface area (Å²) in [4.78, 5) is 31.2. The third-order valence-electron chi connectivity index (χ3n) is 12.4. The van der Waals surface area contributed by atoms with Gasteiger partial charge in [-0.1, -0.05) is 127 Å². The Balaban J connectivity index is 1.01. The van der Waals surface area contributed by atoms with E-state index in [-0.39, 0.29) is 19.0 Å². The molecule has 0 saturated carbocycles. The largest absolute Gasteiger partial charge is 0.497 e. The number of rotatable bonds is 14. The molecule has 324 valence electrons. The average Bonchev–Trinajstić information content (AvgIpc) is 3.67. The number of nitrogens with one attached hydrogen (secondary N) is 1. The number of carbonyl (C=O) groups is 1. The molecule has 8 aromatic carbocycles. The molecular formula is C54H45N3O8. The van der Waals surface area contributed by atoms with Crippen molar-refractivity contribution in [1.82, 2.24) is 9.55 Å². The van der Waals surface area contributed by atoms with Crippen LogP contribution in [-0.2, 0) is 26.4 Å². The number of hydrogen-bond acceptors (Lipinski definition) is 9. The van der Waals surface area contributed by atoms with Crippen molar-refractivity contribution >= 4 is 44.0 Å². The Bertz CT molecular complexity index is 3100. The van der Waals surface area contributed by atoms with Gasteiger partial charge in [-0.2, -0.15) is 4.98 Å². The zero-order valence-electron chi connectivity index (χ0n) is 35.7. The molecule has 0 spiro atoms. The van der Waals surface area contributed by atoms with Crippen molar-refractivity contribution in [1.29, 1.82) is 0 Å². The fraction of sp³-hybridized carbons (Fsp3) is 0.167. The van der Waals surface area contributed by atoms with Gasteiger partial charge in [0.1, 0.15) is 41.2 Å². The molecule has 1 fully saturated rings. The van der Waals surface area contributed by atoms with Crippen molar-refractivity contribution in [2.75, 3.05) is 26.1 Å². The molecule has 0 radical (unpaired) electrons. The predicted octanol–water partition coefficient (Wildman–Crippen LogP) is 9.26. The van der Waals surface area contributed by atoms with Gasteiger partial charge in [-0.05, 0) is 97.0 Å². The van der Waals surface area contributed by atoms with Crippen molar-refractivity contribution in [2.45, 2.75) is 36.7 Å². The Kier molecular flexibility index (Phi) is 11.3. The number of anilines is 1. The van der Waals surface area contributed by atoms with Gasteiger partial charge in [0.15, 0.2) is 6.23 Å². The van der Waals surface area contributed by atoms with E-state index in [0.717, 1.165) is 49.2 Å². The van der Waals surface area contributed by atoms with Crippen LogP contribution in [0.2, 0.25) is 0 Å². The van der Waals surface area contributed by atoms with Crippen molar-refractivity contribution in [3.8, 4) is 11.5 Å². The SMILES string of the molecule is COc1ccc(C(OC[C@H]2O[C@@H](n3ccc(NC(=O)c4ccccc4)nc3=O)C(OCc3ccc4ccc5cccc6ccc3c4c56)C2O)(c2ccccc2)c2ccc(OC)cc2)cc1. The molecule has 1 amide bonds. The summed E-state index contributed by atoms with van der Waals surface area (Å²) in [6.45, 7) is -0.0288. The monoisotopic (exact) mass is 863 g/mol. The molecule has 9 aromatic rings. The summed E-state index contributed by atoms with van der Waals surface area (Å²) in [5.74, 6) is 1.01. The van der Waals surface area contributed by atoms with Gasteiger partial charge in [0.2, 0.25) is 0 Å². The Hall–Kier alpha value is -7.41. The fourth-order valence-electron chi connectivity index (χ4n) is 9.10. The van der Waals surface area contributed by atoms with E-state index in [0.29, 0.717) is 17.1 Å². The first-order valence-corrected chi connectivity index (χ1v) is 21.4. The first-order valence-electron chi connectivity index (χ1n) is 21.4. The van der Waals surface area contributed by atoms with Gasteiger partial charge < -0.3 is 34.1 Å². The molecule has 1 aromatic heterocycles. The lowest BCUT2D eigenvalue weighted by atomic mass is 9.80. The highest BCUT2D eigenvalue weighted by Gasteiger charge is 2.48. The zero-order chi connectivity index (χ0) is 44.5. The summed E-state index contributed by atoms with van der Waals surface area (Å²) in [6.07, 6.45) is -2.96. The molecule has 0 bridgehead atoms. The first-order chi connectivity index (χ1) is 31.8. The molecule has 1 aliphatic heterocycles. The number of ether oxygens (including phenoxy) is 5. The van der Waals surface area contributed by atoms with Crippen LogP contribution in [0.25, 0.3) is 32.3 Å². The number of hydrogen-bond donors (Lipinski definition) is 2. The molecule has 1 aliphatic rings. The van der Waals surface area contributed by atoms with Gasteiger partial charge in [0, 0.05) is 11.8 Å². The average molecular weight is 864 g/mol. The molecular weight excluding hydrogens is 819 g/mol. The topological polar surface area (TPSA) is 130 Å². The van der Waals surface area contributed by atoms with Crippen LogP contribution in [0.5, 0.6) is 11.5 Å². The van der Waals surface area contributed by atoms with Gasteiger partial charge >= 0.3 is 5.69 Å². The summed E-state index contributed by atoms with van der Waals surface area (Å²) in [5, 5.41) is 21.8. The minimum Gasteiger partial charge on any atom is -0.497 e. The third kappa shape index (κ3) is 7.74. The van der Waals surface area contributed by atoms with Crippen LogP contribution in [0.15, 0.2) is 181 Å². The maximum Gasteiger partial charge on any atom is 0.351 e. The van der Waals surface area contributed by atoms with Crippen LogP contribution in [0, 0.1) is 0 Å². The van der Waals surface area contributed by atoms with Crippen LogP contribution >= 0.6 is 0 Å². The Morgan fingerprint density at radius 2 is 1.28 bits per heavy atom. The second-order valence-corrected chi connectivity index (χ2v) is 16.1. The lowest BCUT2D eigenvalue weighted by Crippen LogP contribution is -2.40. The van der Waals surface area contributed by atoms with E-state index in [2.05, 4.69) is 58.8 Å². The number of nitrogens with zero attached hydrogens (tertiary/aromatic N) is 2. The summed E-state index contributed by atoms with van der Waals surface area (Å²) >= 11 is 0. The van der Waals surface area contributed by atoms with Gasteiger partial charge in [0.25, 0.3) is 5.91 Å². The molecule has 0 aliphatic carbocycles. The van der Waals surface area contributed by atoms with Crippen LogP contribution in [0.1, 0.15) is 38.8 Å². The third-order valence-corrected chi connectivity index (χ3v) is 12.4. The van der Waals surface area contributed by atoms with Crippen molar-refractivity contribution in [3.05, 3.63) is 214 Å². The number of methoxy groups -OCH3 is 2. The minimum atomic E-state index is -1.27. The molecule has 65 heavy (non-hydrogen) atoms. The van der Waals surface area contributed by atoms with E-state index >= 15 is 0 Å². The summed E-state index contributed by atoms with van der Waals surface area (Å²) in [5.41, 5.74) is 1.84. The molecule has 2 heterocycles. The smallest absolute Gasteiger partial charge is 0.351 e. The van der Waals surface area contributed by atoms with Crippen LogP contribution in [0.3, 0.4) is 0 Å². The van der Waals surface area contributed by atoms with Gasteiger partial charge in [-0.3, -0.25) is 9.36 Å². The Labute approximate surface area is 374 Å². The highest BCUT2D eigenvalue weighted by molar-refractivity contribution is 6.23. The van der Waals surface area contributed by atoms with E-state index in [1.165, 1.54) is 22.2 Å². The van der Waals surface area contributed by atoms with E-state index in [4.69, 9.17) is 23.7 Å². The number of aromatic nitrogens is 2. The molecule has 1 saturated heterocycles. The second-order valence-electron chi connectivity index (χ2n) is 16.1.